The number of halogens is 4. The van der Waals surface area contributed by atoms with Gasteiger partial charge in [-0.25, -0.2) is 0 Å². The molecule has 0 aromatic heterocycles. The van der Waals surface area contributed by atoms with E-state index in [9.17, 15) is 0 Å². The van der Waals surface area contributed by atoms with E-state index in [2.05, 4.69) is 0 Å². The summed E-state index contributed by atoms with van der Waals surface area (Å²) in [6.07, 6.45) is 0. The molecule has 0 aromatic carbocycles. The predicted molar refractivity (Wildman–Crippen MR) is 23.4 cm³/mol. The van der Waals surface area contributed by atoms with Crippen molar-refractivity contribution < 1.29 is 50.1 Å². The van der Waals surface area contributed by atoms with Crippen molar-refractivity contribution in [1.29, 1.82) is 0 Å². The third-order valence-electron chi connectivity index (χ3n) is 0. The first-order valence-corrected chi connectivity index (χ1v) is 21.2. The molecule has 6 heteroatoms. The van der Waals surface area contributed by atoms with Gasteiger partial charge in [-0.2, -0.15) is 0 Å². The van der Waals surface area contributed by atoms with Crippen LogP contribution in [0.25, 0.3) is 0 Å². The zero-order chi connectivity index (χ0) is 5.41. The molecule has 0 aromatic rings. The summed E-state index contributed by atoms with van der Waals surface area (Å²) < 4.78 is 0. The molecule has 0 amide bonds. The standard InChI is InChI=1S/4ClH.2U/h4*1H;;/q;;;;2*+2/p-4. The normalized spacial score (nSPS) is 3.33. The first-order chi connectivity index (χ1) is 2.83. The molecule has 0 radical (unpaired) electrons. The Morgan fingerprint density at radius 2 is 0.667 bits per heavy atom. The molecule has 0 nitrogen and oxygen atoms in total. The molecular formula is Cl4U2. The molecule has 0 aliphatic rings. The third kappa shape index (κ3) is 26.8. The van der Waals surface area contributed by atoms with Gasteiger partial charge in [0.15, 0.2) is 0 Å². The van der Waals surface area contributed by atoms with Crippen LogP contribution < -0.4 is 0 Å². The van der Waals surface area contributed by atoms with Crippen molar-refractivity contribution in [2.45, 2.75) is 0 Å². The van der Waals surface area contributed by atoms with Crippen LogP contribution in [0.3, 0.4) is 0 Å². The Morgan fingerprint density at radius 3 is 0.667 bits per heavy atom. The topological polar surface area (TPSA) is 0 Å². The van der Waals surface area contributed by atoms with Crippen LogP contribution in [0.4, 0.5) is 0 Å². The molecule has 0 saturated heterocycles. The Kier molecular flexibility index (Phi) is 31.4. The molecule has 0 fully saturated rings. The fourth-order valence-electron chi connectivity index (χ4n) is 0. The average molecular weight is 618 g/mol. The molecule has 0 unspecified atom stereocenters. The molecule has 0 N–H and O–H groups in total. The van der Waals surface area contributed by atoms with Crippen molar-refractivity contribution in [3.8, 4) is 0 Å². The molecule has 0 heterocycles. The fraction of sp³-hybridized carbons (Fsp3) is 0. The zero-order valence-corrected chi connectivity index (χ0v) is 13.9. The summed E-state index contributed by atoms with van der Waals surface area (Å²) >= 11 is -2.12. The van der Waals surface area contributed by atoms with E-state index in [0.29, 0.717) is 0 Å². The van der Waals surface area contributed by atoms with E-state index in [1.54, 1.807) is 0 Å². The summed E-state index contributed by atoms with van der Waals surface area (Å²) in [6.45, 7) is 0. The van der Waals surface area contributed by atoms with Crippen LogP contribution in [0.5, 0.6) is 0 Å². The van der Waals surface area contributed by atoms with Crippen LogP contribution >= 0.6 is 30.5 Å². The van der Waals surface area contributed by atoms with E-state index in [1.165, 1.54) is 0 Å². The van der Waals surface area contributed by atoms with Crippen molar-refractivity contribution in [3.63, 3.8) is 0 Å². The second-order valence-corrected chi connectivity index (χ2v) is 12.0. The van der Waals surface area contributed by atoms with Crippen LogP contribution in [0.15, 0.2) is 0 Å². The van der Waals surface area contributed by atoms with Gasteiger partial charge >= 0.3 is 80.6 Å². The molecule has 0 spiro atoms. The van der Waals surface area contributed by atoms with Crippen molar-refractivity contribution in [3.05, 3.63) is 0 Å². The quantitative estimate of drug-likeness (QED) is 0.393. The summed E-state index contributed by atoms with van der Waals surface area (Å²) in [7, 11) is 19.9. The summed E-state index contributed by atoms with van der Waals surface area (Å²) in [5.41, 5.74) is 0. The summed E-state index contributed by atoms with van der Waals surface area (Å²) in [4.78, 5) is 0. The van der Waals surface area contributed by atoms with Gasteiger partial charge in [0, 0.05) is 0 Å². The molecule has 0 aliphatic heterocycles. The molecule has 0 bridgehead atoms. The Bertz CT molecular complexity index is 7.51. The minimum absolute atomic E-state index is 1.06. The second kappa shape index (κ2) is 15.7. The maximum atomic E-state index is 4.97. The maximum absolute atomic E-state index is 4.97. The summed E-state index contributed by atoms with van der Waals surface area (Å²) in [6, 6.07) is 0. The van der Waals surface area contributed by atoms with E-state index >= 15 is 0 Å². The van der Waals surface area contributed by atoms with Crippen LogP contribution in [0.2, 0.25) is 0 Å². The van der Waals surface area contributed by atoms with Gasteiger partial charge in [-0.1, -0.05) is 0 Å². The van der Waals surface area contributed by atoms with Crippen molar-refractivity contribution in [1.82, 2.24) is 0 Å². The molecule has 0 saturated carbocycles. The van der Waals surface area contributed by atoms with Gasteiger partial charge in [-0.15, -0.1) is 0 Å². The summed E-state index contributed by atoms with van der Waals surface area (Å²) in [5.74, 6) is 0. The summed E-state index contributed by atoms with van der Waals surface area (Å²) in [5, 5.41) is 0. The molecule has 0 aliphatic carbocycles. The van der Waals surface area contributed by atoms with Crippen LogP contribution in [-0.2, 0) is 0 Å². The SMILES string of the molecule is [Cl][U][Cl].[Cl][U][Cl]. The Labute approximate surface area is 78.5 Å². The molecule has 0 rings (SSSR count). The second-order valence-electron chi connectivity index (χ2n) is 0.143. The fourth-order valence-corrected chi connectivity index (χ4v) is 0. The predicted octanol–water partition coefficient (Wildman–Crippen LogP) is 2.76. The van der Waals surface area contributed by atoms with Gasteiger partial charge in [0.2, 0.25) is 0 Å². The van der Waals surface area contributed by atoms with E-state index < -0.39 is 50.1 Å². The Morgan fingerprint density at radius 1 is 0.667 bits per heavy atom. The molecule has 6 heavy (non-hydrogen) atoms. The average Bonchev–Trinajstić information content (AvgIpc) is 1.39. The first-order valence-electron chi connectivity index (χ1n) is 0.756. The van der Waals surface area contributed by atoms with Gasteiger partial charge in [0.25, 0.3) is 0 Å². The van der Waals surface area contributed by atoms with Gasteiger partial charge < -0.3 is 0 Å². The molecular weight excluding hydrogens is 618 g/mol. The van der Waals surface area contributed by atoms with Crippen molar-refractivity contribution in [2.24, 2.45) is 0 Å². The zero-order valence-electron chi connectivity index (χ0n) is 2.51. The number of hydrogen-bond acceptors (Lipinski definition) is 0. The Balaban J connectivity index is 0. The van der Waals surface area contributed by atoms with Crippen LogP contribution in [0.1, 0.15) is 0 Å². The van der Waals surface area contributed by atoms with E-state index in [1.807, 2.05) is 0 Å². The molecule has 0 atom stereocenters. The van der Waals surface area contributed by atoms with Gasteiger partial charge in [-0.05, 0) is 0 Å². The third-order valence-corrected chi connectivity index (χ3v) is 0. The van der Waals surface area contributed by atoms with Gasteiger partial charge in [0.1, 0.15) is 0 Å². The van der Waals surface area contributed by atoms with Gasteiger partial charge in [-0.3, -0.25) is 0 Å². The molecule has 36 valence electrons. The van der Waals surface area contributed by atoms with Crippen LogP contribution in [0, 0.1) is 50.1 Å². The van der Waals surface area contributed by atoms with Gasteiger partial charge in [0.05, 0.1) is 0 Å². The van der Waals surface area contributed by atoms with E-state index in [0.717, 1.165) is 0 Å². The monoisotopic (exact) mass is 616 g/mol. The van der Waals surface area contributed by atoms with Crippen molar-refractivity contribution >= 4 is 30.5 Å². The van der Waals surface area contributed by atoms with E-state index in [-0.39, 0.29) is 0 Å². The van der Waals surface area contributed by atoms with Crippen molar-refractivity contribution in [2.75, 3.05) is 0 Å². The minimum atomic E-state index is -1.06. The van der Waals surface area contributed by atoms with E-state index in [4.69, 9.17) is 30.5 Å². The number of rotatable bonds is 0. The first kappa shape index (κ1) is 12.0. The Hall–Kier alpha value is 3.26. The number of hydrogen-bond donors (Lipinski definition) is 0. The van der Waals surface area contributed by atoms with Crippen LogP contribution in [-0.4, -0.2) is 0 Å².